The van der Waals surface area contributed by atoms with Gasteiger partial charge < -0.3 is 9.64 Å². The monoisotopic (exact) mass is 276 g/mol. The number of alkyl halides is 1. The zero-order valence-electron chi connectivity index (χ0n) is 9.36. The number of ether oxygens (including phenoxy) is 1. The lowest BCUT2D eigenvalue weighted by Gasteiger charge is -2.23. The lowest BCUT2D eigenvalue weighted by Crippen LogP contribution is -2.36. The number of hydrogen-bond donors (Lipinski definition) is 0. The van der Waals surface area contributed by atoms with Gasteiger partial charge in [0, 0.05) is 13.1 Å². The van der Waals surface area contributed by atoms with Gasteiger partial charge in [-0.15, -0.1) is 0 Å². The number of nitrogens with zero attached hydrogens (tertiary/aromatic N) is 2. The number of halogens is 1. The lowest BCUT2D eigenvalue weighted by molar-refractivity contribution is -0.140. The van der Waals surface area contributed by atoms with E-state index in [1.807, 2.05) is 18.7 Å². The summed E-state index contributed by atoms with van der Waals surface area (Å²) in [7, 11) is 1.37. The van der Waals surface area contributed by atoms with E-state index in [9.17, 15) is 4.79 Å². The van der Waals surface area contributed by atoms with Crippen LogP contribution < -0.4 is 0 Å². The van der Waals surface area contributed by atoms with Crippen molar-refractivity contribution >= 4 is 21.9 Å². The van der Waals surface area contributed by atoms with Crippen molar-refractivity contribution < 1.29 is 9.53 Å². The van der Waals surface area contributed by atoms with Gasteiger partial charge in [0.2, 0.25) is 0 Å². The summed E-state index contributed by atoms with van der Waals surface area (Å²) in [6, 6.07) is 2.17. The van der Waals surface area contributed by atoms with Crippen molar-refractivity contribution in [3.63, 3.8) is 0 Å². The molecule has 0 saturated carbocycles. The Hall–Kier alpha value is -0.600. The second-order valence-electron chi connectivity index (χ2n) is 3.37. The number of esters is 1. The Kier molecular flexibility index (Phi) is 7.35. The molecule has 0 fully saturated rings. The van der Waals surface area contributed by atoms with E-state index < -0.39 is 0 Å². The maximum Gasteiger partial charge on any atom is 0.320 e. The van der Waals surface area contributed by atoms with Gasteiger partial charge in [-0.3, -0.25) is 4.79 Å². The lowest BCUT2D eigenvalue weighted by atomic mass is 10.2. The summed E-state index contributed by atoms with van der Waals surface area (Å²) in [4.78, 5) is 12.9. The van der Waals surface area contributed by atoms with E-state index in [4.69, 9.17) is 5.26 Å². The van der Waals surface area contributed by atoms with E-state index in [1.165, 1.54) is 7.11 Å². The molecule has 0 amide bonds. The van der Waals surface area contributed by atoms with Gasteiger partial charge in [0.05, 0.1) is 19.1 Å². The Morgan fingerprint density at radius 1 is 1.60 bits per heavy atom. The molecular formula is C10H17BrN2O2. The molecule has 0 aliphatic heterocycles. The summed E-state index contributed by atoms with van der Waals surface area (Å²) < 4.78 is 4.61. The average Bonchev–Trinajstić information content (AvgIpc) is 2.26. The first kappa shape index (κ1) is 14.4. The molecule has 0 bridgehead atoms. The molecule has 0 aromatic heterocycles. The van der Waals surface area contributed by atoms with Crippen LogP contribution in [-0.4, -0.2) is 42.4 Å². The van der Waals surface area contributed by atoms with Crippen LogP contribution in [0.5, 0.6) is 0 Å². The van der Waals surface area contributed by atoms with Crippen molar-refractivity contribution in [2.45, 2.75) is 18.7 Å². The van der Waals surface area contributed by atoms with E-state index in [0.717, 1.165) is 6.54 Å². The number of nitriles is 1. The minimum atomic E-state index is -0.326. The van der Waals surface area contributed by atoms with Crippen molar-refractivity contribution in [2.75, 3.05) is 26.7 Å². The molecule has 15 heavy (non-hydrogen) atoms. The maximum absolute atomic E-state index is 11.2. The number of hydrogen-bond acceptors (Lipinski definition) is 4. The van der Waals surface area contributed by atoms with Gasteiger partial charge >= 0.3 is 5.97 Å². The summed E-state index contributed by atoms with van der Waals surface area (Å²) in [5.74, 6) is -0.305. The molecule has 86 valence electrons. The molecule has 0 N–H and O–H groups in total. The Bertz CT molecular complexity index is 240. The van der Waals surface area contributed by atoms with Crippen LogP contribution in [0.15, 0.2) is 0 Å². The first-order chi connectivity index (χ1) is 7.04. The van der Waals surface area contributed by atoms with Crippen molar-refractivity contribution in [1.82, 2.24) is 4.90 Å². The van der Waals surface area contributed by atoms with Gasteiger partial charge in [0.15, 0.2) is 0 Å². The Balaban J connectivity index is 4.10. The Labute approximate surface area is 99.3 Å². The van der Waals surface area contributed by atoms with Crippen LogP contribution in [0, 0.1) is 17.2 Å². The fraction of sp³-hybridized carbons (Fsp3) is 0.800. The topological polar surface area (TPSA) is 53.3 Å². The molecular weight excluding hydrogens is 260 g/mol. The Morgan fingerprint density at radius 2 is 2.20 bits per heavy atom. The molecule has 5 heteroatoms. The predicted molar refractivity (Wildman–Crippen MR) is 61.6 cm³/mol. The van der Waals surface area contributed by atoms with E-state index >= 15 is 0 Å². The second kappa shape index (κ2) is 7.66. The fourth-order valence-electron chi connectivity index (χ4n) is 1.19. The summed E-state index contributed by atoms with van der Waals surface area (Å²) in [5.41, 5.74) is 0. The van der Waals surface area contributed by atoms with Gasteiger partial charge in [-0.25, -0.2) is 0 Å². The highest BCUT2D eigenvalue weighted by Crippen LogP contribution is 2.07. The predicted octanol–water partition coefficient (Wildman–Crippen LogP) is 1.40. The van der Waals surface area contributed by atoms with Crippen LogP contribution in [0.4, 0.5) is 0 Å². The first-order valence-electron chi connectivity index (χ1n) is 4.89. The van der Waals surface area contributed by atoms with Crippen LogP contribution in [-0.2, 0) is 9.53 Å². The molecule has 0 aliphatic rings. The van der Waals surface area contributed by atoms with Crippen molar-refractivity contribution in [3.05, 3.63) is 0 Å². The maximum atomic E-state index is 11.2. The molecule has 0 heterocycles. The van der Waals surface area contributed by atoms with E-state index in [-0.39, 0.29) is 16.7 Å². The molecule has 0 aromatic rings. The molecule has 0 spiro atoms. The molecule has 0 aliphatic carbocycles. The van der Waals surface area contributed by atoms with E-state index in [2.05, 4.69) is 26.7 Å². The zero-order valence-corrected chi connectivity index (χ0v) is 11.0. The van der Waals surface area contributed by atoms with Crippen molar-refractivity contribution in [3.8, 4) is 6.07 Å². The van der Waals surface area contributed by atoms with Gasteiger partial charge in [-0.1, -0.05) is 22.9 Å². The second-order valence-corrected chi connectivity index (χ2v) is 4.48. The third-order valence-corrected chi connectivity index (χ3v) is 2.74. The van der Waals surface area contributed by atoms with E-state index in [1.54, 1.807) is 0 Å². The summed E-state index contributed by atoms with van der Waals surface area (Å²) in [5, 5.41) is 8.69. The quantitative estimate of drug-likeness (QED) is 0.544. The van der Waals surface area contributed by atoms with Crippen LogP contribution in [0.3, 0.4) is 0 Å². The largest absolute Gasteiger partial charge is 0.468 e. The van der Waals surface area contributed by atoms with Crippen LogP contribution >= 0.6 is 15.9 Å². The number of methoxy groups -OCH3 is 1. The standard InChI is InChI=1S/C10H17BrN2O2/c1-4-13(6-8(2)5-12)7-9(11)10(14)15-3/h8-9H,4,6-7H2,1-3H3. The minimum Gasteiger partial charge on any atom is -0.468 e. The number of carbonyl (C=O) groups is 1. The molecule has 4 nitrogen and oxygen atoms in total. The average molecular weight is 277 g/mol. The summed E-state index contributed by atoms with van der Waals surface area (Å²) >= 11 is 3.26. The van der Waals surface area contributed by atoms with Crippen molar-refractivity contribution in [2.24, 2.45) is 5.92 Å². The summed E-state index contributed by atoms with van der Waals surface area (Å²) in [6.45, 7) is 5.91. The van der Waals surface area contributed by atoms with Crippen LogP contribution in [0.2, 0.25) is 0 Å². The van der Waals surface area contributed by atoms with E-state index in [0.29, 0.717) is 13.1 Å². The highest BCUT2D eigenvalue weighted by Gasteiger charge is 2.19. The molecule has 0 rings (SSSR count). The minimum absolute atomic E-state index is 0.0257. The normalized spacial score (nSPS) is 14.4. The zero-order chi connectivity index (χ0) is 11.8. The smallest absolute Gasteiger partial charge is 0.320 e. The number of carbonyl (C=O) groups excluding carboxylic acids is 1. The van der Waals surface area contributed by atoms with Gasteiger partial charge in [0.25, 0.3) is 0 Å². The highest BCUT2D eigenvalue weighted by molar-refractivity contribution is 9.10. The first-order valence-corrected chi connectivity index (χ1v) is 5.80. The van der Waals surface area contributed by atoms with Gasteiger partial charge in [-0.2, -0.15) is 5.26 Å². The SMILES string of the molecule is CCN(CC(C)C#N)CC(Br)C(=O)OC. The fourth-order valence-corrected chi connectivity index (χ4v) is 1.79. The van der Waals surface area contributed by atoms with Gasteiger partial charge in [-0.05, 0) is 13.5 Å². The molecule has 0 radical (unpaired) electrons. The highest BCUT2D eigenvalue weighted by atomic mass is 79.9. The number of rotatable bonds is 6. The summed E-state index contributed by atoms with van der Waals surface area (Å²) in [6.07, 6.45) is 0. The molecule has 0 aromatic carbocycles. The third kappa shape index (κ3) is 5.75. The third-order valence-electron chi connectivity index (χ3n) is 2.08. The van der Waals surface area contributed by atoms with Crippen molar-refractivity contribution in [1.29, 1.82) is 5.26 Å². The molecule has 2 unspecified atom stereocenters. The van der Waals surface area contributed by atoms with Gasteiger partial charge in [0.1, 0.15) is 4.83 Å². The molecule has 2 atom stereocenters. The molecule has 0 saturated heterocycles. The van der Waals surface area contributed by atoms with Crippen LogP contribution in [0.1, 0.15) is 13.8 Å². The van der Waals surface area contributed by atoms with Crippen LogP contribution in [0.25, 0.3) is 0 Å². The Morgan fingerprint density at radius 3 is 2.60 bits per heavy atom.